The second-order valence-electron chi connectivity index (χ2n) is 7.48. The molecule has 136 valence electrons. The van der Waals surface area contributed by atoms with Crippen LogP contribution >= 0.6 is 0 Å². The summed E-state index contributed by atoms with van der Waals surface area (Å²) in [5, 5.41) is 10.4. The predicted molar refractivity (Wildman–Crippen MR) is 97.4 cm³/mol. The molecule has 26 heavy (non-hydrogen) atoms. The Hall–Kier alpha value is -2.53. The van der Waals surface area contributed by atoms with E-state index >= 15 is 0 Å². The van der Waals surface area contributed by atoms with Gasteiger partial charge < -0.3 is 19.5 Å². The molecule has 0 aromatic heterocycles. The van der Waals surface area contributed by atoms with E-state index in [1.165, 1.54) is 0 Å². The Kier molecular flexibility index (Phi) is 3.92. The van der Waals surface area contributed by atoms with Gasteiger partial charge in [0.2, 0.25) is 0 Å². The van der Waals surface area contributed by atoms with Gasteiger partial charge in [-0.1, -0.05) is 30.3 Å². The molecule has 2 aliphatic rings. The minimum absolute atomic E-state index is 0.0162. The van der Waals surface area contributed by atoms with Gasteiger partial charge in [-0.05, 0) is 25.5 Å². The average Bonchev–Trinajstić information content (AvgIpc) is 2.92. The number of ether oxygens (including phenoxy) is 2. The minimum atomic E-state index is -0.705. The van der Waals surface area contributed by atoms with E-state index in [9.17, 15) is 9.90 Å². The molecule has 5 nitrogen and oxygen atoms in total. The molecule has 0 aliphatic carbocycles. The third kappa shape index (κ3) is 2.63. The summed E-state index contributed by atoms with van der Waals surface area (Å²) in [6.45, 7) is 4.79. The van der Waals surface area contributed by atoms with Crippen molar-refractivity contribution in [3.05, 3.63) is 58.7 Å². The lowest BCUT2D eigenvalue weighted by Crippen LogP contribution is -2.46. The van der Waals surface area contributed by atoms with Crippen molar-refractivity contribution in [3.63, 3.8) is 0 Å². The monoisotopic (exact) mass is 353 g/mol. The highest BCUT2D eigenvalue weighted by Gasteiger charge is 2.42. The van der Waals surface area contributed by atoms with Crippen molar-refractivity contribution >= 4 is 5.91 Å². The highest BCUT2D eigenvalue weighted by Crippen LogP contribution is 2.45. The zero-order chi connectivity index (χ0) is 18.5. The van der Waals surface area contributed by atoms with Crippen LogP contribution in [0.15, 0.2) is 36.4 Å². The second kappa shape index (κ2) is 6.02. The quantitative estimate of drug-likeness (QED) is 0.922. The summed E-state index contributed by atoms with van der Waals surface area (Å²) in [4.78, 5) is 14.8. The number of aliphatic hydroxyl groups is 1. The molecule has 5 heteroatoms. The van der Waals surface area contributed by atoms with Crippen LogP contribution in [0, 0.1) is 0 Å². The molecule has 1 N–H and O–H groups in total. The summed E-state index contributed by atoms with van der Waals surface area (Å²) in [5.41, 5.74) is 2.74. The molecule has 0 fully saturated rings. The van der Waals surface area contributed by atoms with Gasteiger partial charge in [-0.3, -0.25) is 4.79 Å². The van der Waals surface area contributed by atoms with Crippen LogP contribution in [0.5, 0.6) is 11.5 Å². The van der Waals surface area contributed by atoms with Gasteiger partial charge >= 0.3 is 0 Å². The normalized spacial score (nSPS) is 20.4. The third-order valence-electron chi connectivity index (χ3n) is 5.31. The van der Waals surface area contributed by atoms with Crippen molar-refractivity contribution in [2.45, 2.75) is 45.1 Å². The number of fused-ring (bicyclic) bond motifs is 3. The van der Waals surface area contributed by atoms with E-state index in [1.807, 2.05) is 49.1 Å². The topological polar surface area (TPSA) is 59.0 Å². The molecule has 0 saturated heterocycles. The molecule has 2 heterocycles. The number of aliphatic hydroxyl groups excluding tert-OH is 1. The molecule has 0 spiro atoms. The van der Waals surface area contributed by atoms with Crippen LogP contribution < -0.4 is 9.47 Å². The number of hydrogen-bond acceptors (Lipinski definition) is 4. The van der Waals surface area contributed by atoms with Gasteiger partial charge in [0.05, 0.1) is 25.3 Å². The van der Waals surface area contributed by atoms with Gasteiger partial charge in [-0.25, -0.2) is 0 Å². The first kappa shape index (κ1) is 16.9. The lowest BCUT2D eigenvalue weighted by atomic mass is 9.88. The first-order valence-electron chi connectivity index (χ1n) is 8.83. The zero-order valence-corrected chi connectivity index (χ0v) is 15.3. The van der Waals surface area contributed by atoms with Crippen LogP contribution in [0.1, 0.15) is 40.9 Å². The van der Waals surface area contributed by atoms with Crippen LogP contribution in [0.2, 0.25) is 0 Å². The maximum Gasteiger partial charge on any atom is 0.255 e. The molecular formula is C21H23NO4. The summed E-state index contributed by atoms with van der Waals surface area (Å²) in [6.07, 6.45) is -0.175. The molecule has 1 amide bonds. The Balaban J connectivity index is 1.74. The number of benzene rings is 2. The van der Waals surface area contributed by atoms with Gasteiger partial charge in [-0.15, -0.1) is 0 Å². The van der Waals surface area contributed by atoms with Crippen molar-refractivity contribution in [1.29, 1.82) is 0 Å². The van der Waals surface area contributed by atoms with Crippen LogP contribution in [0.4, 0.5) is 0 Å². The van der Waals surface area contributed by atoms with Gasteiger partial charge in [0.1, 0.15) is 17.1 Å². The van der Waals surface area contributed by atoms with Gasteiger partial charge in [0, 0.05) is 24.1 Å². The number of carbonyl (C=O) groups is 1. The highest BCUT2D eigenvalue weighted by molar-refractivity contribution is 6.00. The molecule has 0 radical (unpaired) electrons. The molecule has 0 saturated carbocycles. The van der Waals surface area contributed by atoms with Crippen LogP contribution in [-0.4, -0.2) is 34.7 Å². The zero-order valence-electron chi connectivity index (χ0n) is 15.3. The third-order valence-corrected chi connectivity index (χ3v) is 5.31. The highest BCUT2D eigenvalue weighted by atomic mass is 16.5. The SMILES string of the molecule is COc1cc2c(c3c1CC(O)C(C)(C)O3)CN(Cc1ccccc1)C2=O. The number of rotatable bonds is 3. The first-order chi connectivity index (χ1) is 12.4. The Bertz CT molecular complexity index is 860. The Morgan fingerprint density at radius 3 is 2.69 bits per heavy atom. The van der Waals surface area contributed by atoms with Crippen molar-refractivity contribution in [3.8, 4) is 11.5 Å². The summed E-state index contributed by atoms with van der Waals surface area (Å²) >= 11 is 0. The number of hydrogen-bond donors (Lipinski definition) is 1. The second-order valence-corrected chi connectivity index (χ2v) is 7.48. The van der Waals surface area contributed by atoms with Gasteiger partial charge in [-0.2, -0.15) is 0 Å². The van der Waals surface area contributed by atoms with E-state index < -0.39 is 11.7 Å². The van der Waals surface area contributed by atoms with E-state index in [4.69, 9.17) is 9.47 Å². The number of carbonyl (C=O) groups excluding carboxylic acids is 1. The largest absolute Gasteiger partial charge is 0.496 e. The first-order valence-corrected chi connectivity index (χ1v) is 8.83. The fraction of sp³-hybridized carbons (Fsp3) is 0.381. The maximum atomic E-state index is 12.9. The molecule has 0 bridgehead atoms. The summed E-state index contributed by atoms with van der Waals surface area (Å²) in [5.74, 6) is 1.28. The molecule has 1 unspecified atom stereocenters. The fourth-order valence-electron chi connectivity index (χ4n) is 3.70. The lowest BCUT2D eigenvalue weighted by Gasteiger charge is -2.38. The average molecular weight is 353 g/mol. The van der Waals surface area contributed by atoms with E-state index in [-0.39, 0.29) is 5.91 Å². The summed E-state index contributed by atoms with van der Waals surface area (Å²) in [7, 11) is 1.58. The van der Waals surface area contributed by atoms with E-state index in [2.05, 4.69) is 0 Å². The molecule has 2 aromatic rings. The summed E-state index contributed by atoms with van der Waals surface area (Å²) < 4.78 is 11.6. The van der Waals surface area contributed by atoms with Crippen molar-refractivity contribution in [1.82, 2.24) is 4.90 Å². The number of nitrogens with zero attached hydrogens (tertiary/aromatic N) is 1. The van der Waals surface area contributed by atoms with Gasteiger partial charge in [0.15, 0.2) is 0 Å². The number of amides is 1. The molecular weight excluding hydrogens is 330 g/mol. The standard InChI is InChI=1S/C21H23NO4/c1-21(2)18(23)10-15-17(25-3)9-14-16(19(15)26-21)12-22(20(14)24)11-13-7-5-4-6-8-13/h4-9,18,23H,10-12H2,1-3H3. The molecule has 1 atom stereocenters. The van der Waals surface area contributed by atoms with Crippen molar-refractivity contribution < 1.29 is 19.4 Å². The van der Waals surface area contributed by atoms with Crippen molar-refractivity contribution in [2.24, 2.45) is 0 Å². The maximum absolute atomic E-state index is 12.9. The van der Waals surface area contributed by atoms with Crippen molar-refractivity contribution in [2.75, 3.05) is 7.11 Å². The van der Waals surface area contributed by atoms with Crippen LogP contribution in [-0.2, 0) is 19.5 Å². The Morgan fingerprint density at radius 2 is 2.00 bits per heavy atom. The van der Waals surface area contributed by atoms with Crippen LogP contribution in [0.25, 0.3) is 0 Å². The molecule has 2 aliphatic heterocycles. The van der Waals surface area contributed by atoms with E-state index in [0.29, 0.717) is 36.6 Å². The minimum Gasteiger partial charge on any atom is -0.496 e. The lowest BCUT2D eigenvalue weighted by molar-refractivity contribution is -0.0424. The Labute approximate surface area is 153 Å². The molecule has 4 rings (SSSR count). The van der Waals surface area contributed by atoms with Crippen LogP contribution in [0.3, 0.4) is 0 Å². The predicted octanol–water partition coefficient (Wildman–Crippen LogP) is 2.93. The number of methoxy groups -OCH3 is 1. The van der Waals surface area contributed by atoms with Gasteiger partial charge in [0.25, 0.3) is 5.91 Å². The smallest absolute Gasteiger partial charge is 0.255 e. The van der Waals surface area contributed by atoms with E-state index in [1.54, 1.807) is 13.2 Å². The van der Waals surface area contributed by atoms with E-state index in [0.717, 1.165) is 16.7 Å². The Morgan fingerprint density at radius 1 is 1.27 bits per heavy atom. The summed E-state index contributed by atoms with van der Waals surface area (Å²) in [6, 6.07) is 11.7. The molecule has 2 aromatic carbocycles. The fourth-order valence-corrected chi connectivity index (χ4v) is 3.70.